The van der Waals surface area contributed by atoms with Crippen LogP contribution in [-0.4, -0.2) is 105 Å². The first-order chi connectivity index (χ1) is 28.4. The van der Waals surface area contributed by atoms with Crippen LogP contribution in [0.15, 0.2) is 11.6 Å². The van der Waals surface area contributed by atoms with Gasteiger partial charge in [-0.25, -0.2) is 14.6 Å². The van der Waals surface area contributed by atoms with Gasteiger partial charge in [-0.2, -0.15) is 0 Å². The number of hydrogen-bond acceptors (Lipinski definition) is 12. The first kappa shape index (κ1) is 53.1. The Hall–Kier alpha value is -2.00. The van der Waals surface area contributed by atoms with Gasteiger partial charge >= 0.3 is 18.0 Å². The summed E-state index contributed by atoms with van der Waals surface area (Å²) in [7, 11) is 1.55. The summed E-state index contributed by atoms with van der Waals surface area (Å²) in [4.78, 5) is 48.0. The van der Waals surface area contributed by atoms with Gasteiger partial charge in [0.05, 0.1) is 30.1 Å². The average Bonchev–Trinajstić information content (AvgIpc) is 3.88. The van der Waals surface area contributed by atoms with Crippen LogP contribution in [0.3, 0.4) is 0 Å². The molecule has 0 aromatic rings. The number of alkyl carbamates (subject to hydrolysis) is 1. The van der Waals surface area contributed by atoms with E-state index < -0.39 is 47.5 Å². The minimum Gasteiger partial charge on any atom is -0.462 e. The van der Waals surface area contributed by atoms with Crippen LogP contribution in [0.5, 0.6) is 0 Å². The molecule has 14 heteroatoms. The molecule has 1 saturated heterocycles. The lowest BCUT2D eigenvalue weighted by Gasteiger charge is -2.48. The van der Waals surface area contributed by atoms with E-state index in [1.165, 1.54) is 76.2 Å². The van der Waals surface area contributed by atoms with Gasteiger partial charge in [0.15, 0.2) is 6.10 Å². The van der Waals surface area contributed by atoms with Crippen molar-refractivity contribution in [2.45, 2.75) is 205 Å². The van der Waals surface area contributed by atoms with Gasteiger partial charge in [-0.1, -0.05) is 108 Å². The summed E-state index contributed by atoms with van der Waals surface area (Å²) < 4.78 is 28.8. The van der Waals surface area contributed by atoms with Gasteiger partial charge in [0.1, 0.15) is 31.0 Å². The monoisotopic (exact) mass is 861 g/mol. The summed E-state index contributed by atoms with van der Waals surface area (Å²) in [6.07, 6.45) is 20.5. The van der Waals surface area contributed by atoms with Gasteiger partial charge in [-0.15, -0.1) is 11.6 Å². The van der Waals surface area contributed by atoms with Crippen LogP contribution in [0.4, 0.5) is 4.79 Å². The maximum absolute atomic E-state index is 12.8. The number of esters is 2. The third kappa shape index (κ3) is 21.6. The topological polar surface area (TPSA) is 177 Å². The summed E-state index contributed by atoms with van der Waals surface area (Å²) in [5, 5.41) is 14.3. The van der Waals surface area contributed by atoms with E-state index >= 15 is 0 Å². The van der Waals surface area contributed by atoms with Crippen molar-refractivity contribution in [3.8, 4) is 0 Å². The van der Waals surface area contributed by atoms with E-state index in [4.69, 9.17) is 50.8 Å². The molecular formula is C45H81ClN2O11. The molecule has 0 radical (unpaired) electrons. The van der Waals surface area contributed by atoms with E-state index in [9.17, 15) is 19.5 Å². The molecule has 7 atom stereocenters. The fraction of sp³-hybridized carbons (Fsp3) is 0.889. The van der Waals surface area contributed by atoms with Crippen molar-refractivity contribution < 1.29 is 52.9 Å². The molecule has 0 aromatic heterocycles. The standard InChI is InChI=1S/C45H81ClN2O11/c1-6-7-8-9-10-11-12-13-14-15-16-17-18-20-23-39(49)54-32-36(33-56-55-31-29-47)57-40(50)24-21-19-22-30-48-43(51)58-37-27-28-45(52,34-46)42(41(37)53-5)44(4)38(59-44)26-25-35(2)3/h25,36-38,41-42,52H,6-24,26-34,47H2,1-5H3,(H,48,51)/t36?,37-,38-,41-,42-,44+,45+/m1/s1. The molecule has 0 aromatic carbocycles. The average molecular weight is 862 g/mol. The number of ether oxygens (including phenoxy) is 5. The third-order valence-electron chi connectivity index (χ3n) is 11.6. The van der Waals surface area contributed by atoms with Crippen molar-refractivity contribution in [2.75, 3.05) is 45.9 Å². The van der Waals surface area contributed by atoms with E-state index in [2.05, 4.69) is 18.3 Å². The van der Waals surface area contributed by atoms with Crippen LogP contribution < -0.4 is 11.1 Å². The summed E-state index contributed by atoms with van der Waals surface area (Å²) in [6, 6.07) is 0. The predicted molar refractivity (Wildman–Crippen MR) is 230 cm³/mol. The van der Waals surface area contributed by atoms with Crippen molar-refractivity contribution in [1.82, 2.24) is 5.32 Å². The predicted octanol–water partition coefficient (Wildman–Crippen LogP) is 8.78. The number of rotatable bonds is 35. The van der Waals surface area contributed by atoms with Gasteiger partial charge in [-0.05, 0) is 59.3 Å². The molecule has 1 heterocycles. The molecule has 2 fully saturated rings. The first-order valence-electron chi connectivity index (χ1n) is 22.8. The summed E-state index contributed by atoms with van der Waals surface area (Å²) in [5.74, 6) is -1.25. The SMILES string of the molecule is CCCCCCCCCCCCCCCCC(=O)OCC(COOCCN)OC(=O)CCCCCNC(=O)O[C@@H]1CC[C@](O)(CCl)[C@@H]([C@@]2(C)O[C@@H]2CC=C(C)C)[C@@H]1OC. The number of methoxy groups -OCH3 is 1. The zero-order chi connectivity index (χ0) is 43.4. The van der Waals surface area contributed by atoms with E-state index in [0.717, 1.165) is 19.3 Å². The Morgan fingerprint density at radius 2 is 1.47 bits per heavy atom. The minimum atomic E-state index is -1.23. The highest BCUT2D eigenvalue weighted by Crippen LogP contribution is 2.55. The van der Waals surface area contributed by atoms with Crippen LogP contribution in [0.2, 0.25) is 0 Å². The van der Waals surface area contributed by atoms with Crippen LogP contribution in [0.1, 0.15) is 169 Å². The molecule has 1 saturated carbocycles. The zero-order valence-corrected chi connectivity index (χ0v) is 38.0. The summed E-state index contributed by atoms with van der Waals surface area (Å²) in [6.45, 7) is 8.86. The van der Waals surface area contributed by atoms with Gasteiger partial charge < -0.3 is 39.8 Å². The van der Waals surface area contributed by atoms with Crippen molar-refractivity contribution in [2.24, 2.45) is 11.7 Å². The molecular weight excluding hydrogens is 780 g/mol. The van der Waals surface area contributed by atoms with Gasteiger partial charge in [0, 0.05) is 33.0 Å². The van der Waals surface area contributed by atoms with Crippen molar-refractivity contribution in [3.05, 3.63) is 11.6 Å². The number of epoxide rings is 1. The number of carbonyl (C=O) groups is 3. The number of nitrogens with two attached hydrogens (primary N) is 1. The van der Waals surface area contributed by atoms with Crippen molar-refractivity contribution in [3.63, 3.8) is 0 Å². The van der Waals surface area contributed by atoms with E-state index in [0.29, 0.717) is 51.5 Å². The number of allylic oxidation sites excluding steroid dienone is 1. The number of halogens is 1. The zero-order valence-electron chi connectivity index (χ0n) is 37.2. The van der Waals surface area contributed by atoms with E-state index in [-0.39, 0.29) is 50.7 Å². The van der Waals surface area contributed by atoms with Crippen LogP contribution >= 0.6 is 11.6 Å². The number of aliphatic hydroxyl groups is 1. The summed E-state index contributed by atoms with van der Waals surface area (Å²) in [5.41, 5.74) is 4.74. The smallest absolute Gasteiger partial charge is 0.407 e. The second kappa shape index (κ2) is 30.9. The van der Waals surface area contributed by atoms with Gasteiger partial charge in [0.2, 0.25) is 0 Å². The lowest BCUT2D eigenvalue weighted by atomic mass is 9.66. The largest absolute Gasteiger partial charge is 0.462 e. The maximum Gasteiger partial charge on any atom is 0.407 e. The highest BCUT2D eigenvalue weighted by Gasteiger charge is 2.67. The fourth-order valence-corrected chi connectivity index (χ4v) is 8.38. The Morgan fingerprint density at radius 3 is 2.05 bits per heavy atom. The third-order valence-corrected chi connectivity index (χ3v) is 12.0. The van der Waals surface area contributed by atoms with Crippen molar-refractivity contribution in [1.29, 1.82) is 0 Å². The number of unbranched alkanes of at least 4 members (excludes halogenated alkanes) is 15. The molecule has 1 aliphatic carbocycles. The molecule has 1 amide bonds. The molecule has 1 aliphatic heterocycles. The number of alkyl halides is 1. The van der Waals surface area contributed by atoms with Crippen LogP contribution in [0.25, 0.3) is 0 Å². The molecule has 344 valence electrons. The van der Waals surface area contributed by atoms with E-state index in [1.54, 1.807) is 7.11 Å². The molecule has 59 heavy (non-hydrogen) atoms. The number of nitrogens with one attached hydrogen (secondary N) is 1. The molecule has 0 bridgehead atoms. The number of hydrogen-bond donors (Lipinski definition) is 3. The fourth-order valence-electron chi connectivity index (χ4n) is 8.08. The molecule has 13 nitrogen and oxygen atoms in total. The Labute approximate surface area is 360 Å². The Bertz CT molecular complexity index is 1190. The van der Waals surface area contributed by atoms with Crippen molar-refractivity contribution >= 4 is 29.6 Å². The highest BCUT2D eigenvalue weighted by molar-refractivity contribution is 6.18. The second-order valence-electron chi connectivity index (χ2n) is 17.0. The molecule has 4 N–H and O–H groups in total. The van der Waals surface area contributed by atoms with Crippen LogP contribution in [0, 0.1) is 5.92 Å². The molecule has 2 aliphatic rings. The van der Waals surface area contributed by atoms with Crippen LogP contribution in [-0.2, 0) is 43.0 Å². The normalized spacial score (nSPS) is 24.3. The lowest BCUT2D eigenvalue weighted by molar-refractivity contribution is -0.305. The molecule has 1 unspecified atom stereocenters. The Kier molecular flexibility index (Phi) is 27.9. The first-order valence-corrected chi connectivity index (χ1v) is 23.3. The Balaban J connectivity index is 1.64. The number of carbonyl (C=O) groups excluding carboxylic acids is 3. The lowest BCUT2D eigenvalue weighted by Crippen LogP contribution is -2.61. The minimum absolute atomic E-state index is 0.0168. The second-order valence-corrected chi connectivity index (χ2v) is 17.2. The molecule has 2 rings (SSSR count). The maximum atomic E-state index is 12.8. The van der Waals surface area contributed by atoms with Gasteiger partial charge in [0.25, 0.3) is 0 Å². The van der Waals surface area contributed by atoms with E-state index in [1.807, 2.05) is 20.8 Å². The number of amides is 1. The Morgan fingerprint density at radius 1 is 0.881 bits per heavy atom. The molecule has 0 spiro atoms. The summed E-state index contributed by atoms with van der Waals surface area (Å²) >= 11 is 6.31. The quantitative estimate of drug-likeness (QED) is 0.00808. The highest BCUT2D eigenvalue weighted by atomic mass is 35.5. The van der Waals surface area contributed by atoms with Gasteiger partial charge in [-0.3, -0.25) is 9.59 Å².